The van der Waals surface area contributed by atoms with Gasteiger partial charge in [0.2, 0.25) is 10.0 Å². The molecule has 0 unspecified atom stereocenters. The lowest BCUT2D eigenvalue weighted by atomic mass is 10.1. The third kappa shape index (κ3) is 3.97. The van der Waals surface area contributed by atoms with Crippen LogP contribution in [0.15, 0.2) is 53.4 Å². The number of nitrogens with one attached hydrogen (secondary N) is 1. The molecule has 0 aliphatic rings. The molecule has 122 valence electrons. The Morgan fingerprint density at radius 3 is 2.13 bits per heavy atom. The second kappa shape index (κ2) is 6.93. The lowest BCUT2D eigenvalue weighted by Crippen LogP contribution is -2.26. The zero-order chi connectivity index (χ0) is 17.0. The summed E-state index contributed by atoms with van der Waals surface area (Å²) < 4.78 is 26.4. The lowest BCUT2D eigenvalue weighted by molar-refractivity contribution is 0.0963. The van der Waals surface area contributed by atoms with Gasteiger partial charge in [-0.3, -0.25) is 4.79 Å². The van der Waals surface area contributed by atoms with Gasteiger partial charge in [-0.2, -0.15) is 4.31 Å². The molecule has 0 radical (unpaired) electrons. The van der Waals surface area contributed by atoms with Gasteiger partial charge in [0, 0.05) is 26.2 Å². The summed E-state index contributed by atoms with van der Waals surface area (Å²) in [5, 5.41) is 2.55. The monoisotopic (exact) mass is 332 g/mol. The zero-order valence-electron chi connectivity index (χ0n) is 13.4. The minimum absolute atomic E-state index is 0.169. The van der Waals surface area contributed by atoms with Gasteiger partial charge in [0.1, 0.15) is 0 Å². The van der Waals surface area contributed by atoms with Crippen molar-refractivity contribution in [3.05, 3.63) is 65.2 Å². The van der Waals surface area contributed by atoms with Gasteiger partial charge in [0.05, 0.1) is 4.90 Å². The largest absolute Gasteiger partial charge is 0.355 e. The summed E-state index contributed by atoms with van der Waals surface area (Å²) in [5.41, 5.74) is 2.37. The number of carbonyl (C=O) groups is 1. The fourth-order valence-electron chi connectivity index (χ4n) is 2.14. The average Bonchev–Trinajstić information content (AvgIpc) is 2.55. The fourth-order valence-corrected chi connectivity index (χ4v) is 3.30. The molecule has 1 N–H and O–H groups in total. The molecule has 23 heavy (non-hydrogen) atoms. The highest BCUT2D eigenvalue weighted by atomic mass is 32.2. The Bertz CT molecular complexity index is 782. The van der Waals surface area contributed by atoms with Gasteiger partial charge in [0.25, 0.3) is 5.91 Å². The van der Waals surface area contributed by atoms with Crippen LogP contribution in [0, 0.1) is 6.92 Å². The van der Waals surface area contributed by atoms with E-state index < -0.39 is 10.0 Å². The van der Waals surface area contributed by atoms with E-state index in [0.717, 1.165) is 11.1 Å². The van der Waals surface area contributed by atoms with Gasteiger partial charge >= 0.3 is 0 Å². The van der Waals surface area contributed by atoms with Gasteiger partial charge in [-0.1, -0.05) is 29.8 Å². The quantitative estimate of drug-likeness (QED) is 0.912. The van der Waals surface area contributed by atoms with Crippen LogP contribution in [0.5, 0.6) is 0 Å². The van der Waals surface area contributed by atoms with Gasteiger partial charge in [-0.15, -0.1) is 0 Å². The van der Waals surface area contributed by atoms with Crippen LogP contribution in [-0.2, 0) is 16.6 Å². The molecule has 0 saturated carbocycles. The smallest absolute Gasteiger partial charge is 0.251 e. The van der Waals surface area contributed by atoms with Gasteiger partial charge in [-0.05, 0) is 36.8 Å². The highest BCUT2D eigenvalue weighted by molar-refractivity contribution is 7.89. The van der Waals surface area contributed by atoms with Crippen LogP contribution in [-0.4, -0.2) is 32.7 Å². The molecule has 0 bridgehead atoms. The maximum absolute atomic E-state index is 12.5. The van der Waals surface area contributed by atoms with E-state index in [1.807, 2.05) is 6.92 Å². The maximum atomic E-state index is 12.5. The van der Waals surface area contributed by atoms with E-state index in [-0.39, 0.29) is 17.3 Å². The van der Waals surface area contributed by atoms with E-state index in [2.05, 4.69) is 5.32 Å². The topological polar surface area (TPSA) is 66.5 Å². The Morgan fingerprint density at radius 2 is 1.61 bits per heavy atom. The SMILES string of the molecule is CNC(=O)c1ccc(CN(C)S(=O)(=O)c2ccc(C)cc2)cc1. The number of benzene rings is 2. The molecular weight excluding hydrogens is 312 g/mol. The van der Waals surface area contributed by atoms with Gasteiger partial charge in [-0.25, -0.2) is 8.42 Å². The maximum Gasteiger partial charge on any atom is 0.251 e. The van der Waals surface area contributed by atoms with E-state index in [9.17, 15) is 13.2 Å². The lowest BCUT2D eigenvalue weighted by Gasteiger charge is -2.17. The summed E-state index contributed by atoms with van der Waals surface area (Å²) in [5.74, 6) is -0.169. The van der Waals surface area contributed by atoms with Crippen LogP contribution >= 0.6 is 0 Å². The summed E-state index contributed by atoms with van der Waals surface area (Å²) in [6.07, 6.45) is 0. The predicted molar refractivity (Wildman–Crippen MR) is 89.7 cm³/mol. The van der Waals surface area contributed by atoms with Crippen molar-refractivity contribution in [3.8, 4) is 0 Å². The third-order valence-electron chi connectivity index (χ3n) is 3.58. The van der Waals surface area contributed by atoms with E-state index in [4.69, 9.17) is 0 Å². The minimum atomic E-state index is -3.53. The van der Waals surface area contributed by atoms with Crippen LogP contribution in [0.2, 0.25) is 0 Å². The van der Waals surface area contributed by atoms with Crippen molar-refractivity contribution >= 4 is 15.9 Å². The molecule has 6 heteroatoms. The first-order valence-electron chi connectivity index (χ1n) is 7.18. The molecule has 0 saturated heterocycles. The first kappa shape index (κ1) is 17.2. The number of sulfonamides is 1. The van der Waals surface area contributed by atoms with E-state index in [1.165, 1.54) is 4.31 Å². The molecule has 0 aliphatic heterocycles. The molecule has 2 aromatic carbocycles. The van der Waals surface area contributed by atoms with Crippen molar-refractivity contribution in [1.82, 2.24) is 9.62 Å². The number of hydrogen-bond acceptors (Lipinski definition) is 3. The summed E-state index contributed by atoms with van der Waals surface area (Å²) in [7, 11) is -0.420. The highest BCUT2D eigenvalue weighted by Crippen LogP contribution is 2.17. The summed E-state index contributed by atoms with van der Waals surface area (Å²) in [6.45, 7) is 2.15. The number of aryl methyl sites for hydroxylation is 1. The van der Waals surface area contributed by atoms with Crippen molar-refractivity contribution in [2.75, 3.05) is 14.1 Å². The van der Waals surface area contributed by atoms with Crippen LogP contribution in [0.4, 0.5) is 0 Å². The minimum Gasteiger partial charge on any atom is -0.355 e. The predicted octanol–water partition coefficient (Wildman–Crippen LogP) is 2.18. The number of amides is 1. The molecule has 1 amide bonds. The van der Waals surface area contributed by atoms with Crippen molar-refractivity contribution in [2.45, 2.75) is 18.4 Å². The number of rotatable bonds is 5. The standard InChI is InChI=1S/C17H20N2O3S/c1-13-4-10-16(11-5-13)23(21,22)19(3)12-14-6-8-15(9-7-14)17(20)18-2/h4-11H,12H2,1-3H3,(H,18,20). The van der Waals surface area contributed by atoms with Crippen LogP contribution in [0.1, 0.15) is 21.5 Å². The number of carbonyl (C=O) groups excluding carboxylic acids is 1. The van der Waals surface area contributed by atoms with Crippen molar-refractivity contribution in [1.29, 1.82) is 0 Å². The van der Waals surface area contributed by atoms with Crippen LogP contribution in [0.3, 0.4) is 0 Å². The molecular formula is C17H20N2O3S. The summed E-state index contributed by atoms with van der Waals surface area (Å²) in [6, 6.07) is 13.6. The first-order valence-corrected chi connectivity index (χ1v) is 8.62. The molecule has 0 aromatic heterocycles. The summed E-state index contributed by atoms with van der Waals surface area (Å²) in [4.78, 5) is 11.8. The Hall–Kier alpha value is -2.18. The van der Waals surface area contributed by atoms with E-state index in [0.29, 0.717) is 5.56 Å². The second-order valence-electron chi connectivity index (χ2n) is 5.35. The van der Waals surface area contributed by atoms with Gasteiger partial charge in [0.15, 0.2) is 0 Å². The highest BCUT2D eigenvalue weighted by Gasteiger charge is 2.20. The van der Waals surface area contributed by atoms with Crippen molar-refractivity contribution in [2.24, 2.45) is 0 Å². The number of hydrogen-bond donors (Lipinski definition) is 1. The Labute approximate surface area is 137 Å². The Balaban J connectivity index is 2.16. The second-order valence-corrected chi connectivity index (χ2v) is 7.40. The molecule has 0 heterocycles. The molecule has 0 aliphatic carbocycles. The van der Waals surface area contributed by atoms with E-state index >= 15 is 0 Å². The summed E-state index contributed by atoms with van der Waals surface area (Å²) >= 11 is 0. The zero-order valence-corrected chi connectivity index (χ0v) is 14.2. The molecule has 0 atom stereocenters. The third-order valence-corrected chi connectivity index (χ3v) is 5.40. The fraction of sp³-hybridized carbons (Fsp3) is 0.235. The molecule has 0 fully saturated rings. The van der Waals surface area contributed by atoms with Crippen LogP contribution in [0.25, 0.3) is 0 Å². The molecule has 5 nitrogen and oxygen atoms in total. The Kier molecular flexibility index (Phi) is 5.18. The van der Waals surface area contributed by atoms with Crippen molar-refractivity contribution < 1.29 is 13.2 Å². The number of nitrogens with zero attached hydrogens (tertiary/aromatic N) is 1. The first-order chi connectivity index (χ1) is 10.8. The van der Waals surface area contributed by atoms with Crippen molar-refractivity contribution in [3.63, 3.8) is 0 Å². The van der Waals surface area contributed by atoms with Crippen LogP contribution < -0.4 is 5.32 Å². The molecule has 2 rings (SSSR count). The molecule has 2 aromatic rings. The normalized spacial score (nSPS) is 11.5. The Morgan fingerprint density at radius 1 is 1.04 bits per heavy atom. The molecule has 0 spiro atoms. The average molecular weight is 332 g/mol. The van der Waals surface area contributed by atoms with Gasteiger partial charge < -0.3 is 5.32 Å². The van der Waals surface area contributed by atoms with E-state index in [1.54, 1.807) is 62.6 Å².